The monoisotopic (exact) mass is 437 g/mol. The Labute approximate surface area is 181 Å². The van der Waals surface area contributed by atoms with Crippen LogP contribution < -0.4 is 5.32 Å². The normalized spacial score (nSPS) is 12.2. The molecule has 7 nitrogen and oxygen atoms in total. The minimum absolute atomic E-state index is 0.0268. The Morgan fingerprint density at radius 3 is 2.32 bits per heavy atom. The van der Waals surface area contributed by atoms with Crippen molar-refractivity contribution < 1.29 is 18.0 Å². The summed E-state index contributed by atoms with van der Waals surface area (Å²) in [5.41, 5.74) is 2.13. The van der Waals surface area contributed by atoms with Gasteiger partial charge in [0.1, 0.15) is 5.69 Å². The maximum absolute atomic E-state index is 12.6. The molecule has 0 saturated heterocycles. The molecule has 1 N–H and O–H groups in total. The third kappa shape index (κ3) is 5.61. The summed E-state index contributed by atoms with van der Waals surface area (Å²) >= 11 is 0. The fourth-order valence-corrected chi connectivity index (χ4v) is 3.86. The van der Waals surface area contributed by atoms with Crippen molar-refractivity contribution in [2.24, 2.45) is 0 Å². The second-order valence-electron chi connectivity index (χ2n) is 7.04. The SMILES string of the molecule is CCS(=O)(=O)c1ccc(CC(=O)Nc2ccc(C(=O)C(C)c3ccccn3)nc2)cc1. The van der Waals surface area contributed by atoms with Gasteiger partial charge in [-0.2, -0.15) is 0 Å². The van der Waals surface area contributed by atoms with Crippen molar-refractivity contribution in [1.29, 1.82) is 0 Å². The molecule has 0 spiro atoms. The van der Waals surface area contributed by atoms with Crippen LogP contribution in [0.2, 0.25) is 0 Å². The molecule has 0 radical (unpaired) electrons. The second kappa shape index (κ2) is 9.61. The molecule has 1 unspecified atom stereocenters. The summed E-state index contributed by atoms with van der Waals surface area (Å²) in [7, 11) is -3.27. The van der Waals surface area contributed by atoms with Crippen molar-refractivity contribution in [2.45, 2.75) is 31.1 Å². The number of nitrogens with zero attached hydrogens (tertiary/aromatic N) is 2. The third-order valence-electron chi connectivity index (χ3n) is 4.85. The summed E-state index contributed by atoms with van der Waals surface area (Å²) in [6.45, 7) is 3.36. The van der Waals surface area contributed by atoms with Gasteiger partial charge in [0, 0.05) is 6.20 Å². The maximum atomic E-state index is 12.6. The van der Waals surface area contributed by atoms with E-state index >= 15 is 0 Å². The van der Waals surface area contributed by atoms with Crippen LogP contribution >= 0.6 is 0 Å². The number of aromatic nitrogens is 2. The lowest BCUT2D eigenvalue weighted by Crippen LogP contribution is -2.16. The van der Waals surface area contributed by atoms with Crippen LogP contribution in [0.1, 0.15) is 41.5 Å². The molecule has 0 aliphatic carbocycles. The Morgan fingerprint density at radius 2 is 1.74 bits per heavy atom. The number of benzene rings is 1. The number of pyridine rings is 2. The van der Waals surface area contributed by atoms with Gasteiger partial charge in [0.15, 0.2) is 15.6 Å². The van der Waals surface area contributed by atoms with E-state index in [0.717, 1.165) is 0 Å². The molecule has 3 aromatic rings. The first-order valence-electron chi connectivity index (χ1n) is 9.83. The number of anilines is 1. The molecule has 3 rings (SSSR count). The molecular weight excluding hydrogens is 414 g/mol. The number of ketones is 1. The van der Waals surface area contributed by atoms with Gasteiger partial charge in [0.25, 0.3) is 0 Å². The largest absolute Gasteiger partial charge is 0.324 e. The van der Waals surface area contributed by atoms with E-state index in [-0.39, 0.29) is 28.8 Å². The molecule has 0 aliphatic heterocycles. The van der Waals surface area contributed by atoms with Crippen LogP contribution in [0.4, 0.5) is 5.69 Å². The topological polar surface area (TPSA) is 106 Å². The van der Waals surface area contributed by atoms with Gasteiger partial charge in [-0.1, -0.05) is 25.1 Å². The highest BCUT2D eigenvalue weighted by atomic mass is 32.2. The lowest BCUT2D eigenvalue weighted by molar-refractivity contribution is -0.115. The number of carbonyl (C=O) groups is 2. The third-order valence-corrected chi connectivity index (χ3v) is 6.60. The van der Waals surface area contributed by atoms with Gasteiger partial charge in [0.05, 0.1) is 40.6 Å². The quantitative estimate of drug-likeness (QED) is 0.541. The minimum atomic E-state index is -3.27. The van der Waals surface area contributed by atoms with Crippen LogP contribution in [0.5, 0.6) is 0 Å². The van der Waals surface area contributed by atoms with Crippen molar-refractivity contribution in [3.8, 4) is 0 Å². The standard InChI is InChI=1S/C23H23N3O4S/c1-3-31(29,30)19-10-7-17(8-11-19)14-22(27)26-18-9-12-21(25-15-18)23(28)16(2)20-6-4-5-13-24-20/h4-13,15-16H,3,14H2,1-2H3,(H,26,27). The molecule has 8 heteroatoms. The predicted molar refractivity (Wildman–Crippen MR) is 118 cm³/mol. The number of nitrogens with one attached hydrogen (secondary N) is 1. The summed E-state index contributed by atoms with van der Waals surface area (Å²) in [5.74, 6) is -0.819. The first-order valence-corrected chi connectivity index (χ1v) is 11.5. The van der Waals surface area contributed by atoms with E-state index < -0.39 is 15.8 Å². The highest BCUT2D eigenvalue weighted by molar-refractivity contribution is 7.91. The van der Waals surface area contributed by atoms with E-state index in [1.54, 1.807) is 56.4 Å². The lowest BCUT2D eigenvalue weighted by Gasteiger charge is -2.10. The zero-order valence-corrected chi connectivity index (χ0v) is 18.1. The number of hydrogen-bond acceptors (Lipinski definition) is 6. The smallest absolute Gasteiger partial charge is 0.228 e. The predicted octanol–water partition coefficient (Wildman–Crippen LogP) is 3.44. The zero-order chi connectivity index (χ0) is 22.4. The summed E-state index contributed by atoms with van der Waals surface area (Å²) < 4.78 is 23.7. The number of sulfone groups is 1. The molecule has 160 valence electrons. The Morgan fingerprint density at radius 1 is 1.00 bits per heavy atom. The Kier molecular flexibility index (Phi) is 6.91. The van der Waals surface area contributed by atoms with E-state index in [9.17, 15) is 18.0 Å². The Balaban J connectivity index is 1.60. The zero-order valence-electron chi connectivity index (χ0n) is 17.3. The molecular formula is C23H23N3O4S. The summed E-state index contributed by atoms with van der Waals surface area (Å²) in [6, 6.07) is 14.9. The molecule has 2 heterocycles. The second-order valence-corrected chi connectivity index (χ2v) is 9.32. The van der Waals surface area contributed by atoms with E-state index in [0.29, 0.717) is 22.6 Å². The highest BCUT2D eigenvalue weighted by Crippen LogP contribution is 2.18. The molecule has 1 aromatic carbocycles. The first-order chi connectivity index (χ1) is 14.8. The average molecular weight is 438 g/mol. The average Bonchev–Trinajstić information content (AvgIpc) is 2.79. The van der Waals surface area contributed by atoms with E-state index in [4.69, 9.17) is 0 Å². The number of Topliss-reactive ketones (excluding diaryl/α,β-unsaturated/α-hetero) is 1. The van der Waals surface area contributed by atoms with Crippen LogP contribution in [0.3, 0.4) is 0 Å². The van der Waals surface area contributed by atoms with E-state index in [2.05, 4.69) is 15.3 Å². The van der Waals surface area contributed by atoms with E-state index in [1.807, 2.05) is 6.07 Å². The molecule has 2 aromatic heterocycles. The number of carbonyl (C=O) groups excluding carboxylic acids is 2. The number of amides is 1. The van der Waals surface area contributed by atoms with Crippen LogP contribution in [0, 0.1) is 0 Å². The maximum Gasteiger partial charge on any atom is 0.228 e. The van der Waals surface area contributed by atoms with Gasteiger partial charge in [-0.05, 0) is 48.9 Å². The highest BCUT2D eigenvalue weighted by Gasteiger charge is 2.19. The van der Waals surface area contributed by atoms with Crippen LogP contribution in [0.15, 0.2) is 71.9 Å². The number of hydrogen-bond donors (Lipinski definition) is 1. The van der Waals surface area contributed by atoms with Crippen LogP contribution in [0.25, 0.3) is 0 Å². The molecule has 0 fully saturated rings. The summed E-state index contributed by atoms with van der Waals surface area (Å²) in [5, 5.41) is 2.73. The molecule has 0 saturated carbocycles. The van der Waals surface area contributed by atoms with Crippen LogP contribution in [-0.2, 0) is 21.1 Å². The van der Waals surface area contributed by atoms with Crippen molar-refractivity contribution in [3.63, 3.8) is 0 Å². The Bertz CT molecular complexity index is 1160. The molecule has 0 bridgehead atoms. The van der Waals surface area contributed by atoms with Gasteiger partial charge in [-0.25, -0.2) is 8.42 Å². The summed E-state index contributed by atoms with van der Waals surface area (Å²) in [4.78, 5) is 33.5. The van der Waals surface area contributed by atoms with Gasteiger partial charge in [-0.15, -0.1) is 0 Å². The Hall–Kier alpha value is -3.39. The fourth-order valence-electron chi connectivity index (χ4n) is 2.97. The molecule has 31 heavy (non-hydrogen) atoms. The molecule has 1 amide bonds. The van der Waals surface area contributed by atoms with Gasteiger partial charge in [-0.3, -0.25) is 19.6 Å². The van der Waals surface area contributed by atoms with Gasteiger partial charge >= 0.3 is 0 Å². The number of rotatable bonds is 8. The van der Waals surface area contributed by atoms with E-state index in [1.165, 1.54) is 18.3 Å². The van der Waals surface area contributed by atoms with Gasteiger partial charge in [0.2, 0.25) is 5.91 Å². The van der Waals surface area contributed by atoms with Crippen molar-refractivity contribution in [1.82, 2.24) is 9.97 Å². The summed E-state index contributed by atoms with van der Waals surface area (Å²) in [6.07, 6.45) is 3.17. The van der Waals surface area contributed by atoms with Gasteiger partial charge < -0.3 is 5.32 Å². The fraction of sp³-hybridized carbons (Fsp3) is 0.217. The van der Waals surface area contributed by atoms with Crippen LogP contribution in [-0.4, -0.2) is 35.8 Å². The molecule has 1 atom stereocenters. The lowest BCUT2D eigenvalue weighted by atomic mass is 9.99. The van der Waals surface area contributed by atoms with Crippen molar-refractivity contribution >= 4 is 27.2 Å². The van der Waals surface area contributed by atoms with Crippen molar-refractivity contribution in [2.75, 3.05) is 11.1 Å². The molecule has 0 aliphatic rings. The first kappa shape index (κ1) is 22.3. The van der Waals surface area contributed by atoms with Crippen molar-refractivity contribution in [3.05, 3.63) is 83.9 Å². The minimum Gasteiger partial charge on any atom is -0.324 e.